The van der Waals surface area contributed by atoms with Crippen LogP contribution in [0.2, 0.25) is 0 Å². The molecule has 0 aliphatic heterocycles. The summed E-state index contributed by atoms with van der Waals surface area (Å²) in [5.74, 6) is -0.151. The minimum Gasteiger partial charge on any atom is -0.508 e. The largest absolute Gasteiger partial charge is 0.508 e. The Morgan fingerprint density at radius 2 is 1.88 bits per heavy atom. The molecule has 0 fully saturated rings. The first-order chi connectivity index (χ1) is 12.6. The van der Waals surface area contributed by atoms with Crippen molar-refractivity contribution in [3.05, 3.63) is 65.4 Å². The van der Waals surface area contributed by atoms with Gasteiger partial charge in [0.25, 0.3) is 5.91 Å². The van der Waals surface area contributed by atoms with Crippen LogP contribution in [0.1, 0.15) is 11.1 Å². The van der Waals surface area contributed by atoms with Crippen molar-refractivity contribution in [2.75, 3.05) is 6.54 Å². The molecule has 0 saturated carbocycles. The standard InChI is InChI=1S/C20H17N3O3/c21-11-14(9-15-12-23-19-6-5-17(25)10-18(15)19)20(26)22-8-7-13-1-3-16(24)4-2-13/h1-6,9-10,12,23-25H,7-8H2,(H,22,26). The fourth-order valence-corrected chi connectivity index (χ4v) is 2.63. The summed E-state index contributed by atoms with van der Waals surface area (Å²) in [6.07, 6.45) is 3.77. The normalized spacial score (nSPS) is 11.3. The number of nitrogens with zero attached hydrogens (tertiary/aromatic N) is 1. The highest BCUT2D eigenvalue weighted by molar-refractivity contribution is 6.04. The fraction of sp³-hybridized carbons (Fsp3) is 0.100. The van der Waals surface area contributed by atoms with Crippen molar-refractivity contribution in [3.8, 4) is 17.6 Å². The molecule has 6 nitrogen and oxygen atoms in total. The lowest BCUT2D eigenvalue weighted by molar-refractivity contribution is -0.117. The van der Waals surface area contributed by atoms with Crippen LogP contribution in [-0.4, -0.2) is 27.6 Å². The summed E-state index contributed by atoms with van der Waals surface area (Å²) >= 11 is 0. The molecule has 0 bridgehead atoms. The third-order valence-electron chi connectivity index (χ3n) is 4.00. The number of phenolic OH excluding ortho intramolecular Hbond substituents is 2. The van der Waals surface area contributed by atoms with Crippen LogP contribution in [0.4, 0.5) is 0 Å². The average Bonchev–Trinajstić information content (AvgIpc) is 3.03. The van der Waals surface area contributed by atoms with Crippen LogP contribution in [0.15, 0.2) is 54.2 Å². The van der Waals surface area contributed by atoms with Gasteiger partial charge in [0.15, 0.2) is 0 Å². The third kappa shape index (κ3) is 3.84. The molecule has 0 aliphatic carbocycles. The minimum atomic E-state index is -0.458. The molecule has 130 valence electrons. The summed E-state index contributed by atoms with van der Waals surface area (Å²) in [4.78, 5) is 15.3. The molecular weight excluding hydrogens is 330 g/mol. The number of carbonyl (C=O) groups excluding carboxylic acids is 1. The number of hydrogen-bond donors (Lipinski definition) is 4. The van der Waals surface area contributed by atoms with Crippen molar-refractivity contribution in [3.63, 3.8) is 0 Å². The molecule has 0 aliphatic rings. The average molecular weight is 347 g/mol. The zero-order valence-corrected chi connectivity index (χ0v) is 13.9. The maximum atomic E-state index is 12.2. The first-order valence-corrected chi connectivity index (χ1v) is 8.05. The van der Waals surface area contributed by atoms with Crippen molar-refractivity contribution < 1.29 is 15.0 Å². The Kier molecular flexibility index (Phi) is 4.90. The zero-order chi connectivity index (χ0) is 18.5. The number of phenols is 2. The summed E-state index contributed by atoms with van der Waals surface area (Å²) in [7, 11) is 0. The Bertz CT molecular complexity index is 1010. The van der Waals surface area contributed by atoms with E-state index in [1.807, 2.05) is 6.07 Å². The fourth-order valence-electron chi connectivity index (χ4n) is 2.63. The number of benzene rings is 2. The molecule has 0 atom stereocenters. The summed E-state index contributed by atoms with van der Waals surface area (Å²) < 4.78 is 0. The van der Waals surface area contributed by atoms with Gasteiger partial charge in [-0.3, -0.25) is 4.79 Å². The van der Waals surface area contributed by atoms with Gasteiger partial charge in [-0.1, -0.05) is 12.1 Å². The van der Waals surface area contributed by atoms with Gasteiger partial charge in [-0.2, -0.15) is 5.26 Å². The molecule has 26 heavy (non-hydrogen) atoms. The number of rotatable bonds is 5. The molecule has 0 radical (unpaired) electrons. The lowest BCUT2D eigenvalue weighted by atomic mass is 10.1. The number of nitriles is 1. The second kappa shape index (κ2) is 7.45. The van der Waals surface area contributed by atoms with Gasteiger partial charge in [0.05, 0.1) is 0 Å². The molecule has 6 heteroatoms. The van der Waals surface area contributed by atoms with Crippen LogP contribution in [0.5, 0.6) is 11.5 Å². The van der Waals surface area contributed by atoms with E-state index in [1.165, 1.54) is 6.08 Å². The number of carbonyl (C=O) groups is 1. The van der Waals surface area contributed by atoms with E-state index >= 15 is 0 Å². The molecule has 1 amide bonds. The van der Waals surface area contributed by atoms with E-state index in [0.29, 0.717) is 18.5 Å². The van der Waals surface area contributed by atoms with Crippen LogP contribution in [0, 0.1) is 11.3 Å². The van der Waals surface area contributed by atoms with Gasteiger partial charge in [0.2, 0.25) is 0 Å². The van der Waals surface area contributed by atoms with Gasteiger partial charge in [0, 0.05) is 29.2 Å². The van der Waals surface area contributed by atoms with E-state index in [0.717, 1.165) is 16.5 Å². The molecule has 0 spiro atoms. The number of aromatic amines is 1. The molecule has 3 aromatic rings. The van der Waals surface area contributed by atoms with Crippen molar-refractivity contribution in [2.45, 2.75) is 6.42 Å². The quantitative estimate of drug-likeness (QED) is 0.420. The zero-order valence-electron chi connectivity index (χ0n) is 13.9. The van der Waals surface area contributed by atoms with Gasteiger partial charge in [-0.05, 0) is 48.4 Å². The smallest absolute Gasteiger partial charge is 0.261 e. The van der Waals surface area contributed by atoms with E-state index in [1.54, 1.807) is 48.7 Å². The number of H-pyrrole nitrogens is 1. The van der Waals surface area contributed by atoms with Gasteiger partial charge >= 0.3 is 0 Å². The molecule has 2 aromatic carbocycles. The van der Waals surface area contributed by atoms with Gasteiger partial charge in [-0.15, -0.1) is 0 Å². The van der Waals surface area contributed by atoms with Crippen molar-refractivity contribution >= 4 is 22.9 Å². The maximum absolute atomic E-state index is 12.2. The third-order valence-corrected chi connectivity index (χ3v) is 4.00. The van der Waals surface area contributed by atoms with Crippen molar-refractivity contribution in [1.82, 2.24) is 10.3 Å². The number of nitrogens with one attached hydrogen (secondary N) is 2. The summed E-state index contributed by atoms with van der Waals surface area (Å²) in [5.41, 5.74) is 2.41. The van der Waals surface area contributed by atoms with Gasteiger partial charge < -0.3 is 20.5 Å². The minimum absolute atomic E-state index is 0.0139. The van der Waals surface area contributed by atoms with Crippen LogP contribution in [-0.2, 0) is 11.2 Å². The summed E-state index contributed by atoms with van der Waals surface area (Å²) in [5, 5.41) is 31.6. The molecule has 4 N–H and O–H groups in total. The van der Waals surface area contributed by atoms with Gasteiger partial charge in [-0.25, -0.2) is 0 Å². The predicted molar refractivity (Wildman–Crippen MR) is 98.4 cm³/mol. The van der Waals surface area contributed by atoms with E-state index in [2.05, 4.69) is 10.3 Å². The van der Waals surface area contributed by atoms with E-state index in [9.17, 15) is 20.3 Å². The summed E-state index contributed by atoms with van der Waals surface area (Å²) in [6, 6.07) is 13.5. The summed E-state index contributed by atoms with van der Waals surface area (Å²) in [6.45, 7) is 0.372. The maximum Gasteiger partial charge on any atom is 0.261 e. The number of aromatic nitrogens is 1. The van der Waals surface area contributed by atoms with Crippen molar-refractivity contribution in [1.29, 1.82) is 5.26 Å². The first-order valence-electron chi connectivity index (χ1n) is 8.05. The highest BCUT2D eigenvalue weighted by atomic mass is 16.3. The van der Waals surface area contributed by atoms with Crippen molar-refractivity contribution in [2.24, 2.45) is 0 Å². The SMILES string of the molecule is N#CC(=Cc1c[nH]c2ccc(O)cc12)C(=O)NCCc1ccc(O)cc1. The molecule has 0 saturated heterocycles. The molecule has 3 rings (SSSR count). The first kappa shape index (κ1) is 17.1. The Morgan fingerprint density at radius 3 is 2.62 bits per heavy atom. The number of aromatic hydroxyl groups is 2. The van der Waals surface area contributed by atoms with E-state index in [-0.39, 0.29) is 17.1 Å². The molecule has 0 unspecified atom stereocenters. The molecule has 1 aromatic heterocycles. The number of amides is 1. The Hall–Kier alpha value is -3.72. The lowest BCUT2D eigenvalue weighted by Crippen LogP contribution is -2.26. The van der Waals surface area contributed by atoms with E-state index in [4.69, 9.17) is 0 Å². The predicted octanol–water partition coefficient (Wildman–Crippen LogP) is 2.84. The topological polar surface area (TPSA) is 109 Å². The lowest BCUT2D eigenvalue weighted by Gasteiger charge is -2.05. The van der Waals surface area contributed by atoms with Crippen LogP contribution in [0.25, 0.3) is 17.0 Å². The Morgan fingerprint density at radius 1 is 1.15 bits per heavy atom. The second-order valence-corrected chi connectivity index (χ2v) is 5.82. The number of hydrogen-bond acceptors (Lipinski definition) is 4. The van der Waals surface area contributed by atoms with E-state index < -0.39 is 5.91 Å². The molecular formula is C20H17N3O3. The Balaban J connectivity index is 1.70. The van der Waals surface area contributed by atoms with Gasteiger partial charge in [0.1, 0.15) is 23.1 Å². The second-order valence-electron chi connectivity index (χ2n) is 5.82. The molecule has 1 heterocycles. The Labute approximate surface area is 150 Å². The van der Waals surface area contributed by atoms with Crippen LogP contribution >= 0.6 is 0 Å². The highest BCUT2D eigenvalue weighted by Crippen LogP contribution is 2.24. The van der Waals surface area contributed by atoms with Crippen LogP contribution < -0.4 is 5.32 Å². The number of fused-ring (bicyclic) bond motifs is 1. The monoisotopic (exact) mass is 347 g/mol. The van der Waals surface area contributed by atoms with Crippen LogP contribution in [0.3, 0.4) is 0 Å². The highest BCUT2D eigenvalue weighted by Gasteiger charge is 2.11.